The van der Waals surface area contributed by atoms with Crippen LogP contribution in [0.1, 0.15) is 31.5 Å². The lowest BCUT2D eigenvalue weighted by atomic mass is 10.0. The normalized spacial score (nSPS) is 21.7. The summed E-state index contributed by atoms with van der Waals surface area (Å²) in [4.78, 5) is 12.3. The topological polar surface area (TPSA) is 68.2 Å². The van der Waals surface area contributed by atoms with Gasteiger partial charge in [-0.15, -0.1) is 0 Å². The second-order valence-corrected chi connectivity index (χ2v) is 5.55. The van der Waals surface area contributed by atoms with Gasteiger partial charge in [0.2, 0.25) is 5.91 Å². The van der Waals surface area contributed by atoms with Crippen molar-refractivity contribution in [3.63, 3.8) is 0 Å². The number of hydrogen-bond donors (Lipinski definition) is 2. The quantitative estimate of drug-likeness (QED) is 0.773. The summed E-state index contributed by atoms with van der Waals surface area (Å²) < 4.78 is 7.25. The Bertz CT molecular complexity index is 472. The minimum atomic E-state index is -0.0988. The number of ether oxygens (including phenoxy) is 1. The highest BCUT2D eigenvalue weighted by Gasteiger charge is 2.33. The molecule has 2 atom stereocenters. The van der Waals surface area contributed by atoms with Gasteiger partial charge in [0.25, 0.3) is 0 Å². The third-order valence-corrected chi connectivity index (χ3v) is 3.85. The van der Waals surface area contributed by atoms with Gasteiger partial charge in [-0.2, -0.15) is 5.10 Å². The molecule has 0 aliphatic carbocycles. The van der Waals surface area contributed by atoms with E-state index in [0.717, 1.165) is 30.6 Å². The molecule has 0 saturated carbocycles. The molecule has 1 aliphatic heterocycles. The van der Waals surface area contributed by atoms with E-state index in [1.165, 1.54) is 0 Å². The Labute approximate surface area is 126 Å². The van der Waals surface area contributed by atoms with Crippen LogP contribution >= 0.6 is 0 Å². The van der Waals surface area contributed by atoms with Crippen molar-refractivity contribution in [2.45, 2.75) is 39.3 Å². The highest BCUT2D eigenvalue weighted by atomic mass is 16.5. The molecule has 0 radical (unpaired) electrons. The fraction of sp³-hybridized carbons (Fsp3) is 0.733. The van der Waals surface area contributed by atoms with Crippen LogP contribution < -0.4 is 10.6 Å². The van der Waals surface area contributed by atoms with Gasteiger partial charge in [0.05, 0.1) is 24.8 Å². The van der Waals surface area contributed by atoms with Crippen molar-refractivity contribution in [3.05, 3.63) is 17.5 Å². The first kappa shape index (κ1) is 16.0. The van der Waals surface area contributed by atoms with Crippen molar-refractivity contribution in [1.29, 1.82) is 0 Å². The Morgan fingerprint density at radius 1 is 1.48 bits per heavy atom. The van der Waals surface area contributed by atoms with Gasteiger partial charge < -0.3 is 15.4 Å². The van der Waals surface area contributed by atoms with Crippen LogP contribution in [0.15, 0.2) is 6.20 Å². The Kier molecular flexibility index (Phi) is 5.76. The summed E-state index contributed by atoms with van der Waals surface area (Å²) in [5.74, 6) is -0.0368. The molecule has 118 valence electrons. The fourth-order valence-electron chi connectivity index (χ4n) is 2.69. The largest absolute Gasteiger partial charge is 0.379 e. The summed E-state index contributed by atoms with van der Waals surface area (Å²) in [5, 5.41) is 10.8. The third-order valence-electron chi connectivity index (χ3n) is 3.85. The predicted molar refractivity (Wildman–Crippen MR) is 80.8 cm³/mol. The summed E-state index contributed by atoms with van der Waals surface area (Å²) in [6.07, 6.45) is 3.90. The number of nitrogens with one attached hydrogen (secondary N) is 2. The number of carbonyl (C=O) groups is 1. The van der Waals surface area contributed by atoms with Crippen LogP contribution in [-0.4, -0.2) is 41.5 Å². The number of hydrogen-bond acceptors (Lipinski definition) is 4. The Morgan fingerprint density at radius 2 is 2.29 bits per heavy atom. The molecule has 2 unspecified atom stereocenters. The minimum absolute atomic E-state index is 0.0620. The lowest BCUT2D eigenvalue weighted by Crippen LogP contribution is -2.44. The molecule has 2 rings (SSSR count). The number of rotatable bonds is 7. The maximum atomic E-state index is 12.3. The van der Waals surface area contributed by atoms with Gasteiger partial charge >= 0.3 is 0 Å². The molecule has 2 heterocycles. The molecule has 2 N–H and O–H groups in total. The maximum Gasteiger partial charge on any atom is 0.227 e. The first-order valence-corrected chi connectivity index (χ1v) is 7.75. The molecule has 1 aliphatic rings. The van der Waals surface area contributed by atoms with E-state index in [4.69, 9.17) is 4.74 Å². The van der Waals surface area contributed by atoms with Crippen LogP contribution in [0, 0.1) is 5.92 Å². The second kappa shape index (κ2) is 7.56. The standard InChI is InChI=1S/C15H26N4O2/c1-4-6-16-14-10-21-9-12(14)15(20)17-7-11-8-19(3)18-13(11)5-2/h8,12,14,16H,4-7,9-10H2,1-3H3,(H,17,20). The molecule has 1 amide bonds. The molecule has 6 heteroatoms. The zero-order valence-corrected chi connectivity index (χ0v) is 13.2. The SMILES string of the molecule is CCCNC1COCC1C(=O)NCc1cn(C)nc1CC. The number of amides is 1. The average Bonchev–Trinajstić information content (AvgIpc) is 3.08. The number of nitrogens with zero attached hydrogens (tertiary/aromatic N) is 2. The van der Waals surface area contributed by atoms with Crippen LogP contribution in [0.25, 0.3) is 0 Å². The maximum absolute atomic E-state index is 12.3. The molecule has 21 heavy (non-hydrogen) atoms. The van der Waals surface area contributed by atoms with E-state index in [-0.39, 0.29) is 17.9 Å². The molecular weight excluding hydrogens is 268 g/mol. The van der Waals surface area contributed by atoms with E-state index in [0.29, 0.717) is 19.8 Å². The van der Waals surface area contributed by atoms with E-state index < -0.39 is 0 Å². The molecule has 0 bridgehead atoms. The van der Waals surface area contributed by atoms with E-state index >= 15 is 0 Å². The van der Waals surface area contributed by atoms with E-state index in [1.54, 1.807) is 4.68 Å². The molecule has 1 aromatic rings. The highest BCUT2D eigenvalue weighted by Crippen LogP contribution is 2.15. The zero-order valence-electron chi connectivity index (χ0n) is 13.2. The Balaban J connectivity index is 1.88. The fourth-order valence-corrected chi connectivity index (χ4v) is 2.69. The molecule has 1 fully saturated rings. The molecule has 0 spiro atoms. The van der Waals surface area contributed by atoms with Gasteiger partial charge in [0.1, 0.15) is 0 Å². The van der Waals surface area contributed by atoms with E-state index in [2.05, 4.69) is 29.6 Å². The van der Waals surface area contributed by atoms with Crippen LogP contribution in [0.2, 0.25) is 0 Å². The number of aryl methyl sites for hydroxylation is 2. The molecule has 0 aromatic carbocycles. The zero-order chi connectivity index (χ0) is 15.2. The summed E-state index contributed by atoms with van der Waals surface area (Å²) in [6.45, 7) is 6.76. The molecule has 6 nitrogen and oxygen atoms in total. The summed E-state index contributed by atoms with van der Waals surface area (Å²) >= 11 is 0. The first-order chi connectivity index (χ1) is 10.2. The van der Waals surface area contributed by atoms with Crippen molar-refractivity contribution in [1.82, 2.24) is 20.4 Å². The third kappa shape index (κ3) is 4.04. The summed E-state index contributed by atoms with van der Waals surface area (Å²) in [5.41, 5.74) is 2.13. The van der Waals surface area contributed by atoms with Crippen LogP contribution in [-0.2, 0) is 29.5 Å². The Hall–Kier alpha value is -1.40. The highest BCUT2D eigenvalue weighted by molar-refractivity contribution is 5.79. The lowest BCUT2D eigenvalue weighted by molar-refractivity contribution is -0.125. The van der Waals surface area contributed by atoms with Gasteiger partial charge in [-0.1, -0.05) is 13.8 Å². The van der Waals surface area contributed by atoms with Crippen molar-refractivity contribution in [2.75, 3.05) is 19.8 Å². The number of aromatic nitrogens is 2. The van der Waals surface area contributed by atoms with Gasteiger partial charge in [-0.25, -0.2) is 0 Å². The van der Waals surface area contributed by atoms with Gasteiger partial charge in [-0.05, 0) is 19.4 Å². The van der Waals surface area contributed by atoms with E-state index in [9.17, 15) is 4.79 Å². The Morgan fingerprint density at radius 3 is 3.00 bits per heavy atom. The molecule has 1 aromatic heterocycles. The van der Waals surface area contributed by atoms with Crippen molar-refractivity contribution < 1.29 is 9.53 Å². The smallest absolute Gasteiger partial charge is 0.227 e. The molecule has 1 saturated heterocycles. The van der Waals surface area contributed by atoms with Gasteiger partial charge in [0.15, 0.2) is 0 Å². The summed E-state index contributed by atoms with van der Waals surface area (Å²) in [7, 11) is 1.90. The monoisotopic (exact) mass is 294 g/mol. The minimum Gasteiger partial charge on any atom is -0.379 e. The number of carbonyl (C=O) groups excluding carboxylic acids is 1. The van der Waals surface area contributed by atoms with Crippen LogP contribution in [0.4, 0.5) is 0 Å². The lowest BCUT2D eigenvalue weighted by Gasteiger charge is -2.18. The van der Waals surface area contributed by atoms with Crippen molar-refractivity contribution in [2.24, 2.45) is 13.0 Å². The van der Waals surface area contributed by atoms with E-state index in [1.807, 2.05) is 13.2 Å². The predicted octanol–water partition coefficient (Wildman–Crippen LogP) is 0.613. The summed E-state index contributed by atoms with van der Waals surface area (Å²) in [6, 6.07) is 0.129. The molecular formula is C15H26N4O2. The van der Waals surface area contributed by atoms with Crippen molar-refractivity contribution >= 4 is 5.91 Å². The van der Waals surface area contributed by atoms with Crippen LogP contribution in [0.3, 0.4) is 0 Å². The average molecular weight is 294 g/mol. The first-order valence-electron chi connectivity index (χ1n) is 7.75. The van der Waals surface area contributed by atoms with Crippen molar-refractivity contribution in [3.8, 4) is 0 Å². The van der Waals surface area contributed by atoms with Gasteiger partial charge in [-0.3, -0.25) is 9.48 Å². The second-order valence-electron chi connectivity index (χ2n) is 5.55. The van der Waals surface area contributed by atoms with Crippen LogP contribution in [0.5, 0.6) is 0 Å². The van der Waals surface area contributed by atoms with Gasteiger partial charge in [0, 0.05) is 31.4 Å².